The second-order valence-corrected chi connectivity index (χ2v) is 3.83. The Bertz CT molecular complexity index is 146. The summed E-state index contributed by atoms with van der Waals surface area (Å²) < 4.78 is 15.2. The van der Waals surface area contributed by atoms with Gasteiger partial charge in [-0.15, -0.1) is 0 Å². The minimum absolute atomic E-state index is 0.374. The Morgan fingerprint density at radius 1 is 1.12 bits per heavy atom. The average Bonchev–Trinajstić information content (AvgIpc) is 2.23. The van der Waals surface area contributed by atoms with Crippen molar-refractivity contribution >= 4 is 0 Å². The summed E-state index contributed by atoms with van der Waals surface area (Å²) in [5.74, 6) is 0. The lowest BCUT2D eigenvalue weighted by Gasteiger charge is -2.19. The number of ether oxygens (including phenoxy) is 3. The fourth-order valence-electron chi connectivity index (χ4n) is 1.32. The van der Waals surface area contributed by atoms with Gasteiger partial charge in [-0.05, 0) is 13.5 Å². The first-order chi connectivity index (χ1) is 7.70. The van der Waals surface area contributed by atoms with Gasteiger partial charge in [-0.2, -0.15) is 0 Å². The number of hydrogen-bond donors (Lipinski definition) is 1. The van der Waals surface area contributed by atoms with Gasteiger partial charge >= 0.3 is 0 Å². The van der Waals surface area contributed by atoms with E-state index in [0.29, 0.717) is 19.8 Å². The molecule has 0 spiro atoms. The molecule has 0 saturated carbocycles. The lowest BCUT2D eigenvalue weighted by Crippen LogP contribution is -2.34. The SMILES string of the molecule is COCCCOCCN(C)CC(O)COC. The van der Waals surface area contributed by atoms with Crippen molar-refractivity contribution in [3.8, 4) is 0 Å². The van der Waals surface area contributed by atoms with Gasteiger partial charge in [-0.1, -0.05) is 0 Å². The average molecular weight is 235 g/mol. The number of likely N-dealkylation sites (N-methyl/N-ethyl adjacent to an activating group) is 1. The van der Waals surface area contributed by atoms with Crippen LogP contribution in [-0.4, -0.2) is 76.9 Å². The number of methoxy groups -OCH3 is 2. The predicted molar refractivity (Wildman–Crippen MR) is 62.7 cm³/mol. The van der Waals surface area contributed by atoms with E-state index in [4.69, 9.17) is 14.2 Å². The van der Waals surface area contributed by atoms with Crippen LogP contribution in [0, 0.1) is 0 Å². The molecule has 0 aromatic heterocycles. The van der Waals surface area contributed by atoms with Crippen molar-refractivity contribution in [2.75, 3.05) is 60.8 Å². The van der Waals surface area contributed by atoms with E-state index < -0.39 is 6.10 Å². The molecule has 0 aromatic rings. The molecule has 0 aliphatic rings. The van der Waals surface area contributed by atoms with Crippen LogP contribution in [0.1, 0.15) is 6.42 Å². The molecule has 0 saturated heterocycles. The molecular weight excluding hydrogens is 210 g/mol. The second kappa shape index (κ2) is 11.3. The monoisotopic (exact) mass is 235 g/mol. The summed E-state index contributed by atoms with van der Waals surface area (Å²) in [7, 11) is 5.23. The fourth-order valence-corrected chi connectivity index (χ4v) is 1.32. The summed E-state index contributed by atoms with van der Waals surface area (Å²) in [6.07, 6.45) is 0.496. The van der Waals surface area contributed by atoms with Gasteiger partial charge in [0.1, 0.15) is 0 Å². The van der Waals surface area contributed by atoms with Crippen LogP contribution >= 0.6 is 0 Å². The summed E-state index contributed by atoms with van der Waals surface area (Å²) in [5, 5.41) is 9.47. The number of nitrogens with zero attached hydrogens (tertiary/aromatic N) is 1. The van der Waals surface area contributed by atoms with Gasteiger partial charge in [0.25, 0.3) is 0 Å². The van der Waals surface area contributed by atoms with Crippen LogP contribution in [0.5, 0.6) is 0 Å². The van der Waals surface area contributed by atoms with Gasteiger partial charge in [0.05, 0.1) is 19.3 Å². The normalized spacial score (nSPS) is 13.3. The molecule has 0 aliphatic heterocycles. The topological polar surface area (TPSA) is 51.2 Å². The van der Waals surface area contributed by atoms with E-state index in [1.165, 1.54) is 0 Å². The molecule has 0 rings (SSSR count). The van der Waals surface area contributed by atoms with E-state index in [1.54, 1.807) is 14.2 Å². The molecule has 0 aromatic carbocycles. The molecule has 0 fully saturated rings. The van der Waals surface area contributed by atoms with E-state index in [-0.39, 0.29) is 0 Å². The van der Waals surface area contributed by atoms with Crippen molar-refractivity contribution in [3.63, 3.8) is 0 Å². The third-order valence-corrected chi connectivity index (χ3v) is 2.14. The van der Waals surface area contributed by atoms with E-state index >= 15 is 0 Å². The van der Waals surface area contributed by atoms with Crippen molar-refractivity contribution in [3.05, 3.63) is 0 Å². The van der Waals surface area contributed by atoms with Crippen LogP contribution < -0.4 is 0 Å². The number of aliphatic hydroxyl groups excluding tert-OH is 1. The van der Waals surface area contributed by atoms with Crippen molar-refractivity contribution in [2.45, 2.75) is 12.5 Å². The van der Waals surface area contributed by atoms with Gasteiger partial charge < -0.3 is 24.2 Å². The van der Waals surface area contributed by atoms with Crippen LogP contribution in [0.3, 0.4) is 0 Å². The van der Waals surface area contributed by atoms with Crippen LogP contribution in [0.25, 0.3) is 0 Å². The predicted octanol–water partition coefficient (Wildman–Crippen LogP) is -0.0214. The van der Waals surface area contributed by atoms with Crippen molar-refractivity contribution < 1.29 is 19.3 Å². The van der Waals surface area contributed by atoms with Crippen LogP contribution in [0.15, 0.2) is 0 Å². The first-order valence-corrected chi connectivity index (χ1v) is 5.63. The Balaban J connectivity index is 3.26. The van der Waals surface area contributed by atoms with Crippen molar-refractivity contribution in [1.82, 2.24) is 4.90 Å². The highest BCUT2D eigenvalue weighted by Gasteiger charge is 2.07. The molecule has 0 heterocycles. The highest BCUT2D eigenvalue weighted by molar-refractivity contribution is 4.59. The molecule has 1 atom stereocenters. The zero-order valence-electron chi connectivity index (χ0n) is 10.6. The molecule has 0 bridgehead atoms. The van der Waals surface area contributed by atoms with E-state index in [2.05, 4.69) is 0 Å². The molecular formula is C11H25NO4. The Morgan fingerprint density at radius 2 is 1.88 bits per heavy atom. The third kappa shape index (κ3) is 10.3. The Hall–Kier alpha value is -0.200. The van der Waals surface area contributed by atoms with Crippen LogP contribution in [0.2, 0.25) is 0 Å². The number of rotatable bonds is 11. The standard InChI is InChI=1S/C11H25NO4/c1-12(9-11(13)10-15-3)5-8-16-7-4-6-14-2/h11,13H,4-10H2,1-3H3. The smallest absolute Gasteiger partial charge is 0.0899 e. The minimum atomic E-state index is -0.427. The molecule has 5 nitrogen and oxygen atoms in total. The van der Waals surface area contributed by atoms with Crippen molar-refractivity contribution in [2.24, 2.45) is 0 Å². The molecule has 1 N–H and O–H groups in total. The zero-order valence-corrected chi connectivity index (χ0v) is 10.6. The maximum atomic E-state index is 9.47. The highest BCUT2D eigenvalue weighted by Crippen LogP contribution is 1.91. The first-order valence-electron chi connectivity index (χ1n) is 5.63. The fraction of sp³-hybridized carbons (Fsp3) is 1.00. The van der Waals surface area contributed by atoms with Gasteiger partial charge in [0.15, 0.2) is 0 Å². The molecule has 1 unspecified atom stereocenters. The summed E-state index contributed by atoms with van der Waals surface area (Å²) in [4.78, 5) is 2.03. The molecule has 0 radical (unpaired) electrons. The van der Waals surface area contributed by atoms with Gasteiger partial charge in [-0.3, -0.25) is 0 Å². The zero-order chi connectivity index (χ0) is 12.2. The largest absolute Gasteiger partial charge is 0.389 e. The van der Waals surface area contributed by atoms with Gasteiger partial charge in [0.2, 0.25) is 0 Å². The van der Waals surface area contributed by atoms with Gasteiger partial charge in [-0.25, -0.2) is 0 Å². The van der Waals surface area contributed by atoms with E-state index in [1.807, 2.05) is 11.9 Å². The highest BCUT2D eigenvalue weighted by atomic mass is 16.5. The quantitative estimate of drug-likeness (QED) is 0.510. The Morgan fingerprint density at radius 3 is 2.50 bits per heavy atom. The Labute approximate surface area is 98.3 Å². The molecule has 0 amide bonds. The minimum Gasteiger partial charge on any atom is -0.389 e. The molecule has 0 aliphatic carbocycles. The molecule has 98 valence electrons. The second-order valence-electron chi connectivity index (χ2n) is 3.83. The lowest BCUT2D eigenvalue weighted by atomic mass is 10.3. The van der Waals surface area contributed by atoms with Crippen LogP contribution in [-0.2, 0) is 14.2 Å². The summed E-state index contributed by atoms with van der Waals surface area (Å²) in [6, 6.07) is 0. The Kier molecular flexibility index (Phi) is 11.1. The first kappa shape index (κ1) is 15.8. The van der Waals surface area contributed by atoms with Crippen LogP contribution in [0.4, 0.5) is 0 Å². The summed E-state index contributed by atoms with van der Waals surface area (Å²) in [6.45, 7) is 3.94. The van der Waals surface area contributed by atoms with Gasteiger partial charge in [0, 0.05) is 40.5 Å². The molecule has 5 heteroatoms. The van der Waals surface area contributed by atoms with Crippen molar-refractivity contribution in [1.29, 1.82) is 0 Å². The molecule has 16 heavy (non-hydrogen) atoms. The summed E-state index contributed by atoms with van der Waals surface area (Å²) in [5.41, 5.74) is 0. The number of aliphatic hydroxyl groups is 1. The van der Waals surface area contributed by atoms with E-state index in [0.717, 1.165) is 26.2 Å². The maximum absolute atomic E-state index is 9.47. The third-order valence-electron chi connectivity index (χ3n) is 2.14. The summed E-state index contributed by atoms with van der Waals surface area (Å²) >= 11 is 0. The van der Waals surface area contributed by atoms with E-state index in [9.17, 15) is 5.11 Å². The maximum Gasteiger partial charge on any atom is 0.0899 e. The lowest BCUT2D eigenvalue weighted by molar-refractivity contribution is 0.0332. The number of hydrogen-bond acceptors (Lipinski definition) is 5.